The predicted octanol–water partition coefficient (Wildman–Crippen LogP) is -0.699. The quantitative estimate of drug-likeness (QED) is 0.687. The maximum absolute atomic E-state index is 11.2. The molecule has 100 valence electrons. The van der Waals surface area contributed by atoms with Crippen LogP contribution in [0.4, 0.5) is 0 Å². The minimum absolute atomic E-state index is 0.143. The smallest absolute Gasteiger partial charge is 0.217 e. The Morgan fingerprint density at radius 2 is 1.94 bits per heavy atom. The van der Waals surface area contributed by atoms with Gasteiger partial charge in [-0.15, -0.1) is 0 Å². The van der Waals surface area contributed by atoms with Gasteiger partial charge >= 0.3 is 0 Å². The highest BCUT2D eigenvalue weighted by Crippen LogP contribution is 2.24. The van der Waals surface area contributed by atoms with Crippen molar-refractivity contribution in [2.75, 3.05) is 20.8 Å². The summed E-state index contributed by atoms with van der Waals surface area (Å²) in [6.45, 7) is 3.13. The van der Waals surface area contributed by atoms with Crippen molar-refractivity contribution >= 4 is 5.91 Å². The van der Waals surface area contributed by atoms with E-state index in [2.05, 4.69) is 5.32 Å². The largest absolute Gasteiger partial charge is 0.394 e. The highest BCUT2D eigenvalue weighted by Gasteiger charge is 2.44. The molecule has 0 aromatic carbocycles. The minimum atomic E-state index is -0.440. The standard InChI is InChI=1S/C11H21NO5/c1-6-9(12-7(2)14)11(16-4)10(15-3)8(5-13)17-6/h6,8-11,13H,5H2,1-4H3,(H,12,14)/t6?,8?,9?,10-,11-/m1/s1. The summed E-state index contributed by atoms with van der Waals surface area (Å²) in [4.78, 5) is 11.2. The van der Waals surface area contributed by atoms with E-state index in [1.807, 2.05) is 6.92 Å². The van der Waals surface area contributed by atoms with E-state index in [1.54, 1.807) is 7.11 Å². The molecule has 0 bridgehead atoms. The van der Waals surface area contributed by atoms with E-state index in [9.17, 15) is 9.90 Å². The monoisotopic (exact) mass is 247 g/mol. The average molecular weight is 247 g/mol. The van der Waals surface area contributed by atoms with Crippen LogP contribution in [0.25, 0.3) is 0 Å². The van der Waals surface area contributed by atoms with Crippen molar-refractivity contribution in [3.05, 3.63) is 0 Å². The molecule has 1 aliphatic heterocycles. The van der Waals surface area contributed by atoms with Gasteiger partial charge in [0.05, 0.1) is 18.8 Å². The summed E-state index contributed by atoms with van der Waals surface area (Å²) < 4.78 is 16.3. The van der Waals surface area contributed by atoms with E-state index >= 15 is 0 Å². The minimum Gasteiger partial charge on any atom is -0.394 e. The van der Waals surface area contributed by atoms with Gasteiger partial charge in [0.25, 0.3) is 0 Å². The van der Waals surface area contributed by atoms with E-state index in [0.29, 0.717) is 0 Å². The highest BCUT2D eigenvalue weighted by atomic mass is 16.6. The van der Waals surface area contributed by atoms with Crippen LogP contribution < -0.4 is 5.32 Å². The Morgan fingerprint density at radius 3 is 2.35 bits per heavy atom. The van der Waals surface area contributed by atoms with Crippen molar-refractivity contribution in [1.29, 1.82) is 0 Å². The number of nitrogens with one attached hydrogen (secondary N) is 1. The number of methoxy groups -OCH3 is 2. The molecule has 5 atom stereocenters. The fourth-order valence-electron chi connectivity index (χ4n) is 2.27. The van der Waals surface area contributed by atoms with Gasteiger partial charge in [0, 0.05) is 21.1 Å². The highest BCUT2D eigenvalue weighted by molar-refractivity contribution is 5.73. The second-order valence-corrected chi connectivity index (χ2v) is 4.19. The molecule has 1 rings (SSSR count). The van der Waals surface area contributed by atoms with Gasteiger partial charge in [0.2, 0.25) is 5.91 Å². The lowest BCUT2D eigenvalue weighted by Crippen LogP contribution is -2.64. The molecule has 1 aliphatic rings. The molecule has 1 saturated heterocycles. The number of amides is 1. The first-order chi connectivity index (χ1) is 8.04. The van der Waals surface area contributed by atoms with E-state index < -0.39 is 12.2 Å². The number of rotatable bonds is 4. The average Bonchev–Trinajstić information content (AvgIpc) is 2.30. The molecule has 1 amide bonds. The predicted molar refractivity (Wildman–Crippen MR) is 60.6 cm³/mol. The summed E-state index contributed by atoms with van der Waals surface area (Å²) in [6.07, 6.45) is -1.43. The summed E-state index contributed by atoms with van der Waals surface area (Å²) in [5, 5.41) is 12.0. The Hall–Kier alpha value is -0.690. The maximum atomic E-state index is 11.2. The Kier molecular flexibility index (Phi) is 5.32. The van der Waals surface area contributed by atoms with Crippen LogP contribution in [0.3, 0.4) is 0 Å². The number of hydrogen-bond acceptors (Lipinski definition) is 5. The van der Waals surface area contributed by atoms with Gasteiger partial charge in [-0.05, 0) is 6.92 Å². The summed E-state index contributed by atoms with van der Waals surface area (Å²) >= 11 is 0. The second-order valence-electron chi connectivity index (χ2n) is 4.19. The van der Waals surface area contributed by atoms with Crippen LogP contribution in [0.1, 0.15) is 13.8 Å². The molecule has 0 radical (unpaired) electrons. The van der Waals surface area contributed by atoms with Gasteiger partial charge in [0.15, 0.2) is 0 Å². The Bertz CT molecular complexity index is 260. The molecule has 1 fully saturated rings. The van der Waals surface area contributed by atoms with Crippen molar-refractivity contribution in [3.8, 4) is 0 Å². The van der Waals surface area contributed by atoms with Crippen LogP contribution in [0.15, 0.2) is 0 Å². The number of hydrogen-bond donors (Lipinski definition) is 2. The van der Waals surface area contributed by atoms with E-state index in [1.165, 1.54) is 14.0 Å². The Labute approximate surface area is 101 Å². The number of ether oxygens (including phenoxy) is 3. The summed E-state index contributed by atoms with van der Waals surface area (Å²) in [6, 6.07) is -0.287. The van der Waals surface area contributed by atoms with Gasteiger partial charge in [-0.1, -0.05) is 0 Å². The van der Waals surface area contributed by atoms with Gasteiger partial charge in [-0.25, -0.2) is 0 Å². The van der Waals surface area contributed by atoms with Gasteiger partial charge in [-0.3, -0.25) is 4.79 Å². The molecule has 6 heteroatoms. The maximum Gasteiger partial charge on any atom is 0.217 e. The lowest BCUT2D eigenvalue weighted by atomic mass is 9.93. The fraction of sp³-hybridized carbons (Fsp3) is 0.909. The molecule has 6 nitrogen and oxygen atoms in total. The molecule has 3 unspecified atom stereocenters. The van der Waals surface area contributed by atoms with Crippen molar-refractivity contribution in [3.63, 3.8) is 0 Å². The molecule has 0 saturated carbocycles. The topological polar surface area (TPSA) is 77.0 Å². The first-order valence-corrected chi connectivity index (χ1v) is 5.64. The van der Waals surface area contributed by atoms with Crippen molar-refractivity contribution < 1.29 is 24.1 Å². The lowest BCUT2D eigenvalue weighted by molar-refractivity contribution is -0.206. The van der Waals surface area contributed by atoms with Crippen LogP contribution in [0, 0.1) is 0 Å². The van der Waals surface area contributed by atoms with E-state index in [-0.39, 0.29) is 30.8 Å². The third-order valence-corrected chi connectivity index (χ3v) is 3.03. The summed E-state index contributed by atoms with van der Waals surface area (Å²) in [5.41, 5.74) is 0. The summed E-state index contributed by atoms with van der Waals surface area (Å²) in [7, 11) is 3.08. The Balaban J connectivity index is 2.86. The van der Waals surface area contributed by atoms with Crippen molar-refractivity contribution in [2.24, 2.45) is 0 Å². The number of aliphatic hydroxyl groups excluding tert-OH is 1. The number of aliphatic hydroxyl groups is 1. The molecule has 0 spiro atoms. The normalized spacial score (nSPS) is 37.8. The van der Waals surface area contributed by atoms with E-state index in [0.717, 1.165) is 0 Å². The molecular weight excluding hydrogens is 226 g/mol. The SMILES string of the molecule is CO[C@@H]1C(CO)OC(C)C(NC(C)=O)[C@H]1OC. The van der Waals surface area contributed by atoms with Gasteiger partial charge in [-0.2, -0.15) is 0 Å². The van der Waals surface area contributed by atoms with Crippen molar-refractivity contribution in [1.82, 2.24) is 5.32 Å². The molecule has 17 heavy (non-hydrogen) atoms. The lowest BCUT2D eigenvalue weighted by Gasteiger charge is -2.44. The third kappa shape index (κ3) is 3.16. The fourth-order valence-corrected chi connectivity index (χ4v) is 2.27. The van der Waals surface area contributed by atoms with Crippen molar-refractivity contribution in [2.45, 2.75) is 44.3 Å². The zero-order valence-electron chi connectivity index (χ0n) is 10.7. The van der Waals surface area contributed by atoms with Crippen LogP contribution in [0.2, 0.25) is 0 Å². The Morgan fingerprint density at radius 1 is 1.35 bits per heavy atom. The van der Waals surface area contributed by atoms with Gasteiger partial charge < -0.3 is 24.6 Å². The van der Waals surface area contributed by atoms with Crippen LogP contribution in [-0.4, -0.2) is 62.3 Å². The number of carbonyl (C=O) groups excluding carboxylic acids is 1. The van der Waals surface area contributed by atoms with E-state index in [4.69, 9.17) is 14.2 Å². The molecule has 1 heterocycles. The van der Waals surface area contributed by atoms with Crippen LogP contribution in [0.5, 0.6) is 0 Å². The molecule has 0 aromatic heterocycles. The molecule has 0 aromatic rings. The molecule has 2 N–H and O–H groups in total. The van der Waals surface area contributed by atoms with Gasteiger partial charge in [0.1, 0.15) is 18.3 Å². The summed E-state index contributed by atoms with van der Waals surface area (Å²) in [5.74, 6) is -0.148. The van der Waals surface area contributed by atoms with Crippen LogP contribution in [-0.2, 0) is 19.0 Å². The number of carbonyl (C=O) groups is 1. The first kappa shape index (κ1) is 14.4. The zero-order chi connectivity index (χ0) is 13.0. The molecular formula is C11H21NO5. The zero-order valence-corrected chi connectivity index (χ0v) is 10.7. The second kappa shape index (κ2) is 6.30. The molecule has 0 aliphatic carbocycles. The van der Waals surface area contributed by atoms with Crippen LogP contribution >= 0.6 is 0 Å². The first-order valence-electron chi connectivity index (χ1n) is 5.64. The third-order valence-electron chi connectivity index (χ3n) is 3.03.